The molecule has 7 heteroatoms. The molecule has 19 heavy (non-hydrogen) atoms. The molecule has 0 amide bonds. The second-order valence-electron chi connectivity index (χ2n) is 4.20. The van der Waals surface area contributed by atoms with Crippen LogP contribution in [-0.4, -0.2) is 45.4 Å². The molecule has 0 aromatic rings. The first-order valence-electron chi connectivity index (χ1n) is 6.23. The zero-order valence-corrected chi connectivity index (χ0v) is 10.9. The van der Waals surface area contributed by atoms with Crippen molar-refractivity contribution in [1.29, 1.82) is 0 Å². The summed E-state index contributed by atoms with van der Waals surface area (Å²) >= 11 is 0. The second-order valence-corrected chi connectivity index (χ2v) is 4.20. The van der Waals surface area contributed by atoms with Crippen LogP contribution in [0.25, 0.3) is 0 Å². The zero-order valence-electron chi connectivity index (χ0n) is 10.9. The van der Waals surface area contributed by atoms with E-state index < -0.39 is 30.1 Å². The largest absolute Gasteiger partial charge is 0.479 e. The average molecular weight is 276 g/mol. The highest BCUT2D eigenvalue weighted by molar-refractivity contribution is 5.85. The monoisotopic (exact) mass is 276 g/mol. The third kappa shape index (κ3) is 7.40. The predicted molar refractivity (Wildman–Crippen MR) is 64.5 cm³/mol. The van der Waals surface area contributed by atoms with Crippen molar-refractivity contribution < 1.29 is 34.4 Å². The number of carbonyl (C=O) groups excluding carboxylic acids is 1. The predicted octanol–water partition coefficient (Wildman–Crippen LogP) is 0.789. The number of esters is 1. The molecule has 0 spiro atoms. The molecule has 2 atom stereocenters. The molecule has 0 fully saturated rings. The van der Waals surface area contributed by atoms with Gasteiger partial charge in [-0.25, -0.2) is 9.59 Å². The van der Waals surface area contributed by atoms with Gasteiger partial charge in [0.15, 0.2) is 6.10 Å². The van der Waals surface area contributed by atoms with Gasteiger partial charge in [0, 0.05) is 6.42 Å². The van der Waals surface area contributed by atoms with Crippen LogP contribution in [0.5, 0.6) is 0 Å². The van der Waals surface area contributed by atoms with Crippen molar-refractivity contribution in [2.24, 2.45) is 0 Å². The zero-order chi connectivity index (χ0) is 14.8. The Kier molecular flexibility index (Phi) is 8.52. The summed E-state index contributed by atoms with van der Waals surface area (Å²) in [6, 6.07) is 0. The lowest BCUT2D eigenvalue weighted by Crippen LogP contribution is -2.42. The van der Waals surface area contributed by atoms with E-state index in [0.29, 0.717) is 6.42 Å². The Balaban J connectivity index is 4.11. The maximum absolute atomic E-state index is 11.3. The van der Waals surface area contributed by atoms with Gasteiger partial charge in [0.05, 0.1) is 0 Å². The van der Waals surface area contributed by atoms with E-state index in [-0.39, 0.29) is 6.42 Å². The molecule has 0 aliphatic carbocycles. The molecular formula is C12H20O7. The molecule has 0 aliphatic rings. The molecular weight excluding hydrogens is 256 g/mol. The van der Waals surface area contributed by atoms with E-state index in [1.54, 1.807) is 0 Å². The maximum atomic E-state index is 11.3. The fourth-order valence-electron chi connectivity index (χ4n) is 1.45. The van der Waals surface area contributed by atoms with Gasteiger partial charge in [-0.05, 0) is 6.42 Å². The number of aliphatic hydroxyl groups excluding tert-OH is 1. The van der Waals surface area contributed by atoms with Crippen LogP contribution in [0.3, 0.4) is 0 Å². The topological polar surface area (TPSA) is 121 Å². The van der Waals surface area contributed by atoms with Crippen molar-refractivity contribution in [2.45, 2.75) is 57.7 Å². The van der Waals surface area contributed by atoms with Crippen LogP contribution in [0.1, 0.15) is 45.4 Å². The summed E-state index contributed by atoms with van der Waals surface area (Å²) in [7, 11) is 0. The van der Waals surface area contributed by atoms with Gasteiger partial charge in [-0.1, -0.05) is 32.6 Å². The van der Waals surface area contributed by atoms with Gasteiger partial charge >= 0.3 is 17.9 Å². The van der Waals surface area contributed by atoms with Crippen molar-refractivity contribution in [2.75, 3.05) is 0 Å². The minimum atomic E-state index is -2.26. The number of hydrogen-bond acceptors (Lipinski definition) is 5. The Morgan fingerprint density at radius 2 is 1.58 bits per heavy atom. The molecule has 3 N–H and O–H groups in total. The number of rotatable bonds is 10. The van der Waals surface area contributed by atoms with E-state index in [2.05, 4.69) is 11.7 Å². The van der Waals surface area contributed by atoms with E-state index >= 15 is 0 Å². The van der Waals surface area contributed by atoms with E-state index in [9.17, 15) is 14.4 Å². The van der Waals surface area contributed by atoms with Crippen molar-refractivity contribution in [3.05, 3.63) is 0 Å². The summed E-state index contributed by atoms with van der Waals surface area (Å²) in [4.78, 5) is 32.5. The fourth-order valence-corrected chi connectivity index (χ4v) is 1.45. The van der Waals surface area contributed by atoms with Crippen molar-refractivity contribution in [3.8, 4) is 0 Å². The van der Waals surface area contributed by atoms with Gasteiger partial charge in [0.1, 0.15) is 0 Å². The van der Waals surface area contributed by atoms with Crippen LogP contribution in [-0.2, 0) is 19.1 Å². The number of aliphatic hydroxyl groups is 1. The molecule has 0 radical (unpaired) electrons. The fraction of sp³-hybridized carbons (Fsp3) is 0.750. The summed E-state index contributed by atoms with van der Waals surface area (Å²) in [5, 5.41) is 26.3. The standard InChI is InChI=1S/C12H20O7/c1-2-3-4-5-6-7-8(13)19-10(12(17)18)9(14)11(15)16/h9-10,14H,2-7H2,1H3,(H,15,16)(H,17,18). The second kappa shape index (κ2) is 9.32. The Morgan fingerprint density at radius 1 is 1.00 bits per heavy atom. The van der Waals surface area contributed by atoms with Crippen LogP contribution in [0.2, 0.25) is 0 Å². The molecule has 110 valence electrons. The summed E-state index contributed by atoms with van der Waals surface area (Å²) in [6.45, 7) is 2.05. The van der Waals surface area contributed by atoms with E-state index in [0.717, 1.165) is 25.7 Å². The molecule has 0 aliphatic heterocycles. The number of aliphatic carboxylic acids is 2. The van der Waals surface area contributed by atoms with Gasteiger partial charge in [0.2, 0.25) is 6.10 Å². The van der Waals surface area contributed by atoms with Gasteiger partial charge in [0.25, 0.3) is 0 Å². The first-order valence-corrected chi connectivity index (χ1v) is 6.23. The van der Waals surface area contributed by atoms with Gasteiger partial charge in [-0.15, -0.1) is 0 Å². The normalized spacial score (nSPS) is 13.6. The SMILES string of the molecule is CCCCCCCC(=O)OC(C(=O)O)C(O)C(=O)O. The number of carboxylic acid groups (broad SMARTS) is 2. The Morgan fingerprint density at radius 3 is 2.05 bits per heavy atom. The molecule has 0 aromatic carbocycles. The van der Waals surface area contributed by atoms with Crippen LogP contribution in [0.15, 0.2) is 0 Å². The molecule has 2 unspecified atom stereocenters. The van der Waals surface area contributed by atoms with Gasteiger partial charge in [-0.3, -0.25) is 4.79 Å². The minimum absolute atomic E-state index is 0.0137. The molecule has 0 saturated carbocycles. The third-order valence-corrected chi connectivity index (χ3v) is 2.53. The lowest BCUT2D eigenvalue weighted by atomic mass is 10.1. The Bertz CT molecular complexity index is 313. The van der Waals surface area contributed by atoms with Crippen LogP contribution >= 0.6 is 0 Å². The van der Waals surface area contributed by atoms with E-state index in [4.69, 9.17) is 15.3 Å². The number of unbranched alkanes of at least 4 members (excludes halogenated alkanes) is 4. The van der Waals surface area contributed by atoms with Crippen LogP contribution in [0.4, 0.5) is 0 Å². The molecule has 0 rings (SSSR count). The Labute approximate surface area is 111 Å². The highest BCUT2D eigenvalue weighted by Gasteiger charge is 2.35. The average Bonchev–Trinajstić information content (AvgIpc) is 2.34. The van der Waals surface area contributed by atoms with E-state index in [1.165, 1.54) is 0 Å². The minimum Gasteiger partial charge on any atom is -0.479 e. The summed E-state index contributed by atoms with van der Waals surface area (Å²) in [6.07, 6.45) is 0.156. The summed E-state index contributed by atoms with van der Waals surface area (Å²) in [5.41, 5.74) is 0. The first-order chi connectivity index (χ1) is 8.90. The van der Waals surface area contributed by atoms with Gasteiger partial charge in [-0.2, -0.15) is 0 Å². The lowest BCUT2D eigenvalue weighted by Gasteiger charge is -2.16. The third-order valence-electron chi connectivity index (χ3n) is 2.53. The van der Waals surface area contributed by atoms with Crippen LogP contribution in [0, 0.1) is 0 Å². The molecule has 0 aromatic heterocycles. The van der Waals surface area contributed by atoms with Crippen molar-refractivity contribution in [3.63, 3.8) is 0 Å². The van der Waals surface area contributed by atoms with Crippen molar-refractivity contribution >= 4 is 17.9 Å². The van der Waals surface area contributed by atoms with Gasteiger partial charge < -0.3 is 20.1 Å². The molecule has 0 saturated heterocycles. The summed E-state index contributed by atoms with van der Waals surface area (Å²) in [5.74, 6) is -4.25. The number of hydrogen-bond donors (Lipinski definition) is 3. The first kappa shape index (κ1) is 17.4. The highest BCUT2D eigenvalue weighted by Crippen LogP contribution is 2.08. The molecule has 7 nitrogen and oxygen atoms in total. The number of ether oxygens (including phenoxy) is 1. The molecule has 0 heterocycles. The summed E-state index contributed by atoms with van der Waals surface area (Å²) < 4.78 is 4.47. The van der Waals surface area contributed by atoms with Crippen LogP contribution < -0.4 is 0 Å². The van der Waals surface area contributed by atoms with Crippen molar-refractivity contribution in [1.82, 2.24) is 0 Å². The lowest BCUT2D eigenvalue weighted by molar-refractivity contribution is -0.178. The number of carboxylic acids is 2. The van der Waals surface area contributed by atoms with E-state index in [1.807, 2.05) is 0 Å². The molecule has 0 bridgehead atoms. The highest BCUT2D eigenvalue weighted by atomic mass is 16.6. The maximum Gasteiger partial charge on any atom is 0.348 e. The smallest absolute Gasteiger partial charge is 0.348 e. The Hall–Kier alpha value is -1.63. The number of carbonyl (C=O) groups is 3. The quantitative estimate of drug-likeness (QED) is 0.398.